The highest BCUT2D eigenvalue weighted by molar-refractivity contribution is 7.99. The summed E-state index contributed by atoms with van der Waals surface area (Å²) >= 11 is 1.41. The number of carbonyl (C=O) groups is 1. The quantitative estimate of drug-likeness (QED) is 0.570. The van der Waals surface area contributed by atoms with Crippen LogP contribution in [0.25, 0.3) is 11.6 Å². The third-order valence-electron chi connectivity index (χ3n) is 5.11. The first kappa shape index (κ1) is 19.8. The van der Waals surface area contributed by atoms with E-state index in [1.807, 2.05) is 32.0 Å². The molecular formula is C20H26N6O2S. The van der Waals surface area contributed by atoms with Gasteiger partial charge in [-0.2, -0.15) is 5.10 Å². The molecule has 3 heterocycles. The van der Waals surface area contributed by atoms with Gasteiger partial charge in [-0.1, -0.05) is 31.0 Å². The van der Waals surface area contributed by atoms with Gasteiger partial charge in [-0.25, -0.2) is 4.68 Å². The predicted octanol–water partition coefficient (Wildman–Crippen LogP) is 4.55. The van der Waals surface area contributed by atoms with Gasteiger partial charge in [-0.3, -0.25) is 9.36 Å². The molecule has 0 saturated heterocycles. The van der Waals surface area contributed by atoms with Crippen molar-refractivity contribution in [2.75, 3.05) is 11.1 Å². The Labute approximate surface area is 174 Å². The predicted molar refractivity (Wildman–Crippen MR) is 112 cm³/mol. The molecule has 0 radical (unpaired) electrons. The summed E-state index contributed by atoms with van der Waals surface area (Å²) in [7, 11) is 0. The third-order valence-corrected chi connectivity index (χ3v) is 6.05. The van der Waals surface area contributed by atoms with Gasteiger partial charge in [0.2, 0.25) is 11.7 Å². The van der Waals surface area contributed by atoms with E-state index in [2.05, 4.69) is 25.2 Å². The summed E-state index contributed by atoms with van der Waals surface area (Å²) in [6, 6.07) is 6.08. The summed E-state index contributed by atoms with van der Waals surface area (Å²) in [5, 5.41) is 16.7. The molecule has 0 atom stereocenters. The van der Waals surface area contributed by atoms with Crippen molar-refractivity contribution in [3.05, 3.63) is 30.7 Å². The molecule has 0 aromatic carbocycles. The van der Waals surface area contributed by atoms with Crippen LogP contribution in [-0.4, -0.2) is 36.2 Å². The summed E-state index contributed by atoms with van der Waals surface area (Å²) < 4.78 is 9.53. The molecule has 0 unspecified atom stereocenters. The van der Waals surface area contributed by atoms with Gasteiger partial charge in [-0.15, -0.1) is 10.2 Å². The number of hydrogen-bond donors (Lipinski definition) is 1. The summed E-state index contributed by atoms with van der Waals surface area (Å²) in [6.45, 7) is 4.06. The number of nitrogens with zero attached hydrogens (tertiary/aromatic N) is 5. The Morgan fingerprint density at radius 3 is 2.83 bits per heavy atom. The number of anilines is 1. The zero-order valence-corrected chi connectivity index (χ0v) is 17.6. The molecule has 3 aromatic rings. The Morgan fingerprint density at radius 1 is 1.28 bits per heavy atom. The van der Waals surface area contributed by atoms with E-state index in [-0.39, 0.29) is 17.7 Å². The minimum atomic E-state index is -0.0878. The Hall–Kier alpha value is -2.55. The fourth-order valence-electron chi connectivity index (χ4n) is 3.75. The van der Waals surface area contributed by atoms with Crippen LogP contribution in [-0.2, 0) is 4.79 Å². The standard InChI is InChI=1S/C20H26N6O2S/c1-14(2)26-17(10-11-21-26)22-18(27)13-29-20-24-23-19(16-9-6-12-28-16)25(20)15-7-4-3-5-8-15/h6,9-12,14-15H,3-5,7-8,13H2,1-2H3,(H,22,27). The van der Waals surface area contributed by atoms with Gasteiger partial charge in [0.15, 0.2) is 10.9 Å². The second-order valence-electron chi connectivity index (χ2n) is 7.54. The Morgan fingerprint density at radius 2 is 2.10 bits per heavy atom. The van der Waals surface area contributed by atoms with Crippen LogP contribution in [0, 0.1) is 0 Å². The molecule has 0 spiro atoms. The smallest absolute Gasteiger partial charge is 0.235 e. The van der Waals surface area contributed by atoms with Crippen molar-refractivity contribution in [1.82, 2.24) is 24.5 Å². The van der Waals surface area contributed by atoms with Crippen LogP contribution in [0.1, 0.15) is 58.0 Å². The van der Waals surface area contributed by atoms with Crippen molar-refractivity contribution in [3.63, 3.8) is 0 Å². The van der Waals surface area contributed by atoms with Crippen molar-refractivity contribution in [1.29, 1.82) is 0 Å². The minimum Gasteiger partial charge on any atom is -0.461 e. The zero-order valence-electron chi connectivity index (χ0n) is 16.7. The third kappa shape index (κ3) is 4.39. The van der Waals surface area contributed by atoms with E-state index in [1.165, 1.54) is 31.0 Å². The molecule has 1 amide bonds. The normalized spacial score (nSPS) is 15.1. The Bertz CT molecular complexity index is 940. The van der Waals surface area contributed by atoms with Crippen molar-refractivity contribution in [2.24, 2.45) is 0 Å². The van der Waals surface area contributed by atoms with Crippen LogP contribution in [0.3, 0.4) is 0 Å². The second kappa shape index (κ2) is 8.86. The number of rotatable bonds is 7. The van der Waals surface area contributed by atoms with Crippen molar-refractivity contribution in [2.45, 2.75) is 63.2 Å². The molecule has 1 aliphatic rings. The van der Waals surface area contributed by atoms with Gasteiger partial charge in [0.05, 0.1) is 18.2 Å². The number of thioether (sulfide) groups is 1. The molecule has 0 bridgehead atoms. The maximum Gasteiger partial charge on any atom is 0.235 e. The summed E-state index contributed by atoms with van der Waals surface area (Å²) in [5.41, 5.74) is 0. The van der Waals surface area contributed by atoms with Crippen LogP contribution in [0.4, 0.5) is 5.82 Å². The van der Waals surface area contributed by atoms with Gasteiger partial charge in [0.25, 0.3) is 0 Å². The average molecular weight is 415 g/mol. The highest BCUT2D eigenvalue weighted by Gasteiger charge is 2.25. The van der Waals surface area contributed by atoms with Gasteiger partial charge < -0.3 is 9.73 Å². The number of amides is 1. The summed E-state index contributed by atoms with van der Waals surface area (Å²) in [6.07, 6.45) is 9.20. The molecule has 154 valence electrons. The maximum atomic E-state index is 12.5. The molecule has 4 rings (SSSR count). The van der Waals surface area contributed by atoms with E-state index in [0.29, 0.717) is 17.6 Å². The fraction of sp³-hybridized carbons (Fsp3) is 0.500. The van der Waals surface area contributed by atoms with Crippen molar-refractivity contribution in [3.8, 4) is 11.6 Å². The number of nitrogens with one attached hydrogen (secondary N) is 1. The van der Waals surface area contributed by atoms with Crippen LogP contribution in [0.15, 0.2) is 40.2 Å². The fourth-order valence-corrected chi connectivity index (χ4v) is 4.56. The molecule has 9 heteroatoms. The summed E-state index contributed by atoms with van der Waals surface area (Å²) in [4.78, 5) is 12.5. The van der Waals surface area contributed by atoms with Crippen LogP contribution >= 0.6 is 11.8 Å². The second-order valence-corrected chi connectivity index (χ2v) is 8.48. The summed E-state index contributed by atoms with van der Waals surface area (Å²) in [5.74, 6) is 2.32. The molecule has 1 saturated carbocycles. The number of aromatic nitrogens is 5. The zero-order chi connectivity index (χ0) is 20.2. The monoisotopic (exact) mass is 414 g/mol. The molecule has 8 nitrogen and oxygen atoms in total. The lowest BCUT2D eigenvalue weighted by Gasteiger charge is -2.25. The molecule has 0 aliphatic heterocycles. The van der Waals surface area contributed by atoms with E-state index in [0.717, 1.165) is 23.8 Å². The lowest BCUT2D eigenvalue weighted by atomic mass is 9.95. The van der Waals surface area contributed by atoms with Crippen LogP contribution < -0.4 is 5.32 Å². The maximum absolute atomic E-state index is 12.5. The highest BCUT2D eigenvalue weighted by Crippen LogP contribution is 2.35. The Balaban J connectivity index is 1.49. The van der Waals surface area contributed by atoms with Crippen LogP contribution in [0.2, 0.25) is 0 Å². The van der Waals surface area contributed by atoms with Gasteiger partial charge in [-0.05, 0) is 38.8 Å². The van der Waals surface area contributed by atoms with E-state index >= 15 is 0 Å². The van der Waals surface area contributed by atoms with Crippen LogP contribution in [0.5, 0.6) is 0 Å². The topological polar surface area (TPSA) is 90.8 Å². The molecule has 1 fully saturated rings. The average Bonchev–Trinajstić information content (AvgIpc) is 3.47. The first-order valence-corrected chi connectivity index (χ1v) is 11.1. The van der Waals surface area contributed by atoms with E-state index < -0.39 is 0 Å². The van der Waals surface area contributed by atoms with E-state index in [1.54, 1.807) is 17.1 Å². The van der Waals surface area contributed by atoms with E-state index in [9.17, 15) is 4.79 Å². The molecule has 1 aliphatic carbocycles. The molecule has 3 aromatic heterocycles. The first-order valence-electron chi connectivity index (χ1n) is 10.1. The lowest BCUT2D eigenvalue weighted by Crippen LogP contribution is -2.19. The SMILES string of the molecule is CC(C)n1nccc1NC(=O)CSc1nnc(-c2ccco2)n1C1CCCCC1. The highest BCUT2D eigenvalue weighted by atomic mass is 32.2. The van der Waals surface area contributed by atoms with Crippen molar-refractivity contribution >= 4 is 23.5 Å². The largest absolute Gasteiger partial charge is 0.461 e. The molecular weight excluding hydrogens is 388 g/mol. The number of furan rings is 1. The van der Waals surface area contributed by atoms with Gasteiger partial charge in [0.1, 0.15) is 5.82 Å². The van der Waals surface area contributed by atoms with Gasteiger partial charge >= 0.3 is 0 Å². The van der Waals surface area contributed by atoms with Crippen molar-refractivity contribution < 1.29 is 9.21 Å². The first-order chi connectivity index (χ1) is 14.1. The number of carbonyl (C=O) groups excluding carboxylic acids is 1. The van der Waals surface area contributed by atoms with Gasteiger partial charge in [0, 0.05) is 18.2 Å². The van der Waals surface area contributed by atoms with E-state index in [4.69, 9.17) is 4.42 Å². The minimum absolute atomic E-state index is 0.0878. The lowest BCUT2D eigenvalue weighted by molar-refractivity contribution is -0.113. The Kier molecular flexibility index (Phi) is 6.03. The molecule has 29 heavy (non-hydrogen) atoms. The number of hydrogen-bond acceptors (Lipinski definition) is 6. The molecule has 1 N–H and O–H groups in total.